The number of thiophene rings is 1. The maximum atomic E-state index is 5.85. The first-order chi connectivity index (χ1) is 7.78. The van der Waals surface area contributed by atoms with Crippen molar-refractivity contribution < 1.29 is 0 Å². The van der Waals surface area contributed by atoms with Gasteiger partial charge in [-0.2, -0.15) is 0 Å². The van der Waals surface area contributed by atoms with E-state index in [4.69, 9.17) is 17.3 Å². The van der Waals surface area contributed by atoms with Gasteiger partial charge in [-0.25, -0.2) is 0 Å². The summed E-state index contributed by atoms with van der Waals surface area (Å²) in [7, 11) is 0. The van der Waals surface area contributed by atoms with Crippen LogP contribution in [-0.2, 0) is 13.1 Å². The summed E-state index contributed by atoms with van der Waals surface area (Å²) < 4.78 is 0.804. The summed E-state index contributed by atoms with van der Waals surface area (Å²) in [5, 5.41) is 4.41. The Morgan fingerprint density at radius 1 is 1.19 bits per heavy atom. The second-order valence-corrected chi connectivity index (χ2v) is 5.20. The summed E-state index contributed by atoms with van der Waals surface area (Å²) in [4.78, 5) is 0. The topological polar surface area (TPSA) is 38.0 Å². The van der Waals surface area contributed by atoms with Gasteiger partial charge in [-0.15, -0.1) is 11.3 Å². The van der Waals surface area contributed by atoms with Crippen LogP contribution in [-0.4, -0.2) is 0 Å². The summed E-state index contributed by atoms with van der Waals surface area (Å²) >= 11 is 7.40. The summed E-state index contributed by atoms with van der Waals surface area (Å²) in [6.07, 6.45) is 0. The molecule has 3 N–H and O–H groups in total. The third-order valence-electron chi connectivity index (χ3n) is 2.27. The number of nitrogens with two attached hydrogens (primary N) is 1. The van der Waals surface area contributed by atoms with Crippen molar-refractivity contribution in [2.24, 2.45) is 5.73 Å². The van der Waals surface area contributed by atoms with E-state index in [1.807, 2.05) is 24.3 Å². The minimum atomic E-state index is 0.582. The molecule has 16 heavy (non-hydrogen) atoms. The highest BCUT2D eigenvalue weighted by Gasteiger charge is 1.98. The number of benzene rings is 1. The number of rotatable bonds is 4. The van der Waals surface area contributed by atoms with Gasteiger partial charge < -0.3 is 11.1 Å². The van der Waals surface area contributed by atoms with Gasteiger partial charge in [-0.1, -0.05) is 35.9 Å². The average Bonchev–Trinajstić information content (AvgIpc) is 2.73. The Hall–Kier alpha value is -1.03. The van der Waals surface area contributed by atoms with Gasteiger partial charge in [0.2, 0.25) is 0 Å². The van der Waals surface area contributed by atoms with Gasteiger partial charge in [0, 0.05) is 13.1 Å². The van der Waals surface area contributed by atoms with Crippen molar-refractivity contribution in [3.8, 4) is 0 Å². The molecule has 0 saturated carbocycles. The summed E-state index contributed by atoms with van der Waals surface area (Å²) in [6, 6.07) is 12.1. The van der Waals surface area contributed by atoms with Gasteiger partial charge in [0.05, 0.1) is 9.34 Å². The first-order valence-corrected chi connectivity index (χ1v) is 6.24. The monoisotopic (exact) mass is 252 g/mol. The second kappa shape index (κ2) is 5.34. The predicted octanol–water partition coefficient (Wildman–Crippen LogP) is 3.47. The van der Waals surface area contributed by atoms with Crippen molar-refractivity contribution in [2.45, 2.75) is 13.1 Å². The van der Waals surface area contributed by atoms with E-state index in [-0.39, 0.29) is 0 Å². The molecular formula is C12H13ClN2S. The highest BCUT2D eigenvalue weighted by atomic mass is 35.5. The Bertz CT molecular complexity index is 468. The smallest absolute Gasteiger partial charge is 0.0950 e. The van der Waals surface area contributed by atoms with Crippen LogP contribution in [0.4, 0.5) is 5.00 Å². The Morgan fingerprint density at radius 2 is 2.00 bits per heavy atom. The zero-order valence-electron chi connectivity index (χ0n) is 8.74. The molecule has 0 radical (unpaired) electrons. The maximum Gasteiger partial charge on any atom is 0.0950 e. The normalized spacial score (nSPS) is 10.4. The van der Waals surface area contributed by atoms with Gasteiger partial charge in [0.25, 0.3) is 0 Å². The number of halogens is 1. The Labute approximate surface area is 104 Å². The highest BCUT2D eigenvalue weighted by molar-refractivity contribution is 7.19. The quantitative estimate of drug-likeness (QED) is 0.875. The largest absolute Gasteiger partial charge is 0.373 e. The molecule has 0 aliphatic rings. The first-order valence-electron chi connectivity index (χ1n) is 5.05. The van der Waals surface area contributed by atoms with Crippen LogP contribution in [0.3, 0.4) is 0 Å². The van der Waals surface area contributed by atoms with E-state index in [2.05, 4.69) is 17.4 Å². The molecule has 84 valence electrons. The summed E-state index contributed by atoms with van der Waals surface area (Å²) in [5.41, 5.74) is 7.98. The fraction of sp³-hybridized carbons (Fsp3) is 0.167. The van der Waals surface area contributed by atoms with Crippen LogP contribution in [0.25, 0.3) is 0 Å². The minimum absolute atomic E-state index is 0.582. The van der Waals surface area contributed by atoms with Crippen molar-refractivity contribution in [2.75, 3.05) is 5.32 Å². The van der Waals surface area contributed by atoms with Crippen LogP contribution in [0.15, 0.2) is 36.4 Å². The number of hydrogen-bond acceptors (Lipinski definition) is 3. The van der Waals surface area contributed by atoms with E-state index in [0.29, 0.717) is 6.54 Å². The molecule has 0 fully saturated rings. The molecule has 0 aliphatic carbocycles. The lowest BCUT2D eigenvalue weighted by molar-refractivity contribution is 1.05. The average molecular weight is 253 g/mol. The Balaban J connectivity index is 1.99. The van der Waals surface area contributed by atoms with Crippen LogP contribution in [0.2, 0.25) is 4.34 Å². The number of anilines is 1. The molecule has 1 aromatic carbocycles. The molecule has 0 bridgehead atoms. The molecule has 0 aliphatic heterocycles. The summed E-state index contributed by atoms with van der Waals surface area (Å²) in [5.74, 6) is 0. The van der Waals surface area contributed by atoms with E-state index < -0.39 is 0 Å². The molecule has 1 heterocycles. The number of nitrogens with one attached hydrogen (secondary N) is 1. The fourth-order valence-electron chi connectivity index (χ4n) is 1.47. The maximum absolute atomic E-state index is 5.85. The van der Waals surface area contributed by atoms with E-state index in [0.717, 1.165) is 21.4 Å². The zero-order chi connectivity index (χ0) is 11.4. The SMILES string of the molecule is NCc1cccc(CNc2ccc(Cl)s2)c1. The van der Waals surface area contributed by atoms with Crippen LogP contribution in [0.5, 0.6) is 0 Å². The van der Waals surface area contributed by atoms with Crippen molar-refractivity contribution >= 4 is 27.9 Å². The molecule has 0 spiro atoms. The molecule has 4 heteroatoms. The first kappa shape index (κ1) is 11.5. The van der Waals surface area contributed by atoms with Crippen molar-refractivity contribution in [3.05, 3.63) is 51.9 Å². The standard InChI is InChI=1S/C12H13ClN2S/c13-11-4-5-12(16-11)15-8-10-3-1-2-9(6-10)7-14/h1-6,15H,7-8,14H2. The zero-order valence-corrected chi connectivity index (χ0v) is 10.3. The molecule has 2 rings (SSSR count). The molecular weight excluding hydrogens is 240 g/mol. The van der Waals surface area contributed by atoms with Crippen LogP contribution >= 0.6 is 22.9 Å². The second-order valence-electron chi connectivity index (χ2n) is 3.48. The Kier molecular flexibility index (Phi) is 3.83. The third-order valence-corrected chi connectivity index (χ3v) is 3.46. The Morgan fingerprint density at radius 3 is 2.69 bits per heavy atom. The molecule has 0 unspecified atom stereocenters. The lowest BCUT2D eigenvalue weighted by Gasteiger charge is -2.05. The van der Waals surface area contributed by atoms with Crippen LogP contribution < -0.4 is 11.1 Å². The lowest BCUT2D eigenvalue weighted by atomic mass is 10.1. The van der Waals surface area contributed by atoms with Gasteiger partial charge in [-0.05, 0) is 23.3 Å². The van der Waals surface area contributed by atoms with Crippen molar-refractivity contribution in [1.82, 2.24) is 0 Å². The molecule has 0 atom stereocenters. The molecule has 2 aromatic rings. The summed E-state index contributed by atoms with van der Waals surface area (Å²) in [6.45, 7) is 1.38. The van der Waals surface area contributed by atoms with Crippen molar-refractivity contribution in [3.63, 3.8) is 0 Å². The van der Waals surface area contributed by atoms with E-state index in [1.54, 1.807) is 11.3 Å². The van der Waals surface area contributed by atoms with Crippen LogP contribution in [0, 0.1) is 0 Å². The minimum Gasteiger partial charge on any atom is -0.373 e. The molecule has 0 saturated heterocycles. The number of hydrogen-bond donors (Lipinski definition) is 2. The van der Waals surface area contributed by atoms with Crippen LogP contribution in [0.1, 0.15) is 11.1 Å². The van der Waals surface area contributed by atoms with Gasteiger partial charge >= 0.3 is 0 Å². The lowest BCUT2D eigenvalue weighted by Crippen LogP contribution is -2.00. The molecule has 1 aromatic heterocycles. The fourth-order valence-corrected chi connectivity index (χ4v) is 2.40. The molecule has 0 amide bonds. The van der Waals surface area contributed by atoms with E-state index in [1.165, 1.54) is 5.56 Å². The van der Waals surface area contributed by atoms with Gasteiger partial charge in [-0.3, -0.25) is 0 Å². The van der Waals surface area contributed by atoms with Gasteiger partial charge in [0.15, 0.2) is 0 Å². The predicted molar refractivity (Wildman–Crippen MR) is 71.0 cm³/mol. The highest BCUT2D eigenvalue weighted by Crippen LogP contribution is 2.26. The molecule has 2 nitrogen and oxygen atoms in total. The van der Waals surface area contributed by atoms with Crippen molar-refractivity contribution in [1.29, 1.82) is 0 Å². The van der Waals surface area contributed by atoms with Gasteiger partial charge in [0.1, 0.15) is 0 Å². The van der Waals surface area contributed by atoms with E-state index in [9.17, 15) is 0 Å². The van der Waals surface area contributed by atoms with E-state index >= 15 is 0 Å². The third kappa shape index (κ3) is 2.98.